The minimum atomic E-state index is 0.0344. The lowest BCUT2D eigenvalue weighted by Crippen LogP contribution is -2.14. The van der Waals surface area contributed by atoms with Gasteiger partial charge in [-0.3, -0.25) is 9.78 Å². The van der Waals surface area contributed by atoms with Crippen LogP contribution in [0, 0.1) is 12.8 Å². The number of nitrogens with two attached hydrogens (primary N) is 1. The van der Waals surface area contributed by atoms with Gasteiger partial charge >= 0.3 is 0 Å². The maximum Gasteiger partial charge on any atom is 0.228 e. The SMILES string of the molecule is C=O.Cc1ccncc1-c1cc2cc(NC(=O)C3CC3)ncc2c(N)n1. The molecule has 0 unspecified atom stereocenters. The van der Waals surface area contributed by atoms with Crippen LogP contribution in [0.3, 0.4) is 0 Å². The normalized spacial score (nSPS) is 13.0. The number of nitrogen functional groups attached to an aromatic ring is 1. The average molecular weight is 349 g/mol. The van der Waals surface area contributed by atoms with Gasteiger partial charge in [-0.15, -0.1) is 0 Å². The summed E-state index contributed by atoms with van der Waals surface area (Å²) in [4.78, 5) is 32.8. The molecule has 1 fully saturated rings. The second kappa shape index (κ2) is 7.26. The molecule has 3 aromatic heterocycles. The van der Waals surface area contributed by atoms with Crippen LogP contribution >= 0.6 is 0 Å². The van der Waals surface area contributed by atoms with Crippen molar-refractivity contribution in [2.24, 2.45) is 5.92 Å². The summed E-state index contributed by atoms with van der Waals surface area (Å²) in [6.07, 6.45) is 7.10. The lowest BCUT2D eigenvalue weighted by Gasteiger charge is -2.10. The molecule has 132 valence electrons. The number of nitrogens with one attached hydrogen (secondary N) is 1. The number of aromatic nitrogens is 3. The molecule has 0 radical (unpaired) electrons. The Labute approximate surface area is 150 Å². The summed E-state index contributed by atoms with van der Waals surface area (Å²) < 4.78 is 0. The molecule has 1 amide bonds. The molecule has 4 rings (SSSR count). The molecule has 3 N–H and O–H groups in total. The predicted molar refractivity (Wildman–Crippen MR) is 100 cm³/mol. The minimum Gasteiger partial charge on any atom is -0.383 e. The number of nitrogens with zero attached hydrogens (tertiary/aromatic N) is 3. The third-order valence-corrected chi connectivity index (χ3v) is 4.26. The molecule has 0 bridgehead atoms. The van der Waals surface area contributed by atoms with Crippen LogP contribution in [0.5, 0.6) is 0 Å². The second-order valence-corrected chi connectivity index (χ2v) is 6.14. The molecule has 3 heterocycles. The van der Waals surface area contributed by atoms with Crippen molar-refractivity contribution in [3.63, 3.8) is 0 Å². The Morgan fingerprint density at radius 2 is 2.04 bits per heavy atom. The fourth-order valence-electron chi connectivity index (χ4n) is 2.69. The standard InChI is InChI=1S/C18H17N5O.CH2O/c1-10-4-5-20-8-13(10)15-6-12-7-16(23-18(24)11-2-3-11)21-9-14(12)17(19)22-15;1-2/h4-9,11H,2-3H2,1H3,(H2,19,22)(H,21,23,24);1H2. The van der Waals surface area contributed by atoms with Gasteiger partial charge in [-0.05, 0) is 48.9 Å². The number of carbonyl (C=O) groups excluding carboxylic acids is 2. The molecule has 3 aromatic rings. The number of aryl methyl sites for hydroxylation is 1. The van der Waals surface area contributed by atoms with Crippen molar-refractivity contribution < 1.29 is 9.59 Å². The predicted octanol–water partition coefficient (Wildman–Crippen LogP) is 2.75. The van der Waals surface area contributed by atoms with Crippen LogP contribution in [0.15, 0.2) is 36.8 Å². The minimum absolute atomic E-state index is 0.0344. The van der Waals surface area contributed by atoms with Gasteiger partial charge in [0.2, 0.25) is 5.91 Å². The highest BCUT2D eigenvalue weighted by Gasteiger charge is 2.29. The molecular weight excluding hydrogens is 330 g/mol. The van der Waals surface area contributed by atoms with Crippen molar-refractivity contribution in [1.82, 2.24) is 15.0 Å². The van der Waals surface area contributed by atoms with Gasteiger partial charge in [0.1, 0.15) is 18.4 Å². The Morgan fingerprint density at radius 1 is 1.27 bits per heavy atom. The van der Waals surface area contributed by atoms with E-state index in [1.807, 2.05) is 31.9 Å². The van der Waals surface area contributed by atoms with Crippen molar-refractivity contribution in [3.8, 4) is 11.3 Å². The summed E-state index contributed by atoms with van der Waals surface area (Å²) in [5.74, 6) is 1.13. The molecular formula is C19H19N5O2. The highest BCUT2D eigenvalue weighted by atomic mass is 16.2. The van der Waals surface area contributed by atoms with Crippen molar-refractivity contribution in [1.29, 1.82) is 0 Å². The molecule has 0 aliphatic heterocycles. The fourth-order valence-corrected chi connectivity index (χ4v) is 2.69. The maximum absolute atomic E-state index is 11.9. The molecule has 1 aliphatic carbocycles. The topological polar surface area (TPSA) is 111 Å². The van der Waals surface area contributed by atoms with E-state index in [-0.39, 0.29) is 11.8 Å². The van der Waals surface area contributed by atoms with Gasteiger partial charge in [0, 0.05) is 35.5 Å². The van der Waals surface area contributed by atoms with E-state index in [1.165, 1.54) is 0 Å². The quantitative estimate of drug-likeness (QED) is 0.752. The molecule has 0 aromatic carbocycles. The Morgan fingerprint density at radius 3 is 2.73 bits per heavy atom. The second-order valence-electron chi connectivity index (χ2n) is 6.14. The zero-order valence-electron chi connectivity index (χ0n) is 14.4. The zero-order chi connectivity index (χ0) is 18.7. The van der Waals surface area contributed by atoms with Crippen molar-refractivity contribution in [3.05, 3.63) is 42.4 Å². The number of amides is 1. The van der Waals surface area contributed by atoms with Gasteiger partial charge in [-0.1, -0.05) is 0 Å². The van der Waals surface area contributed by atoms with E-state index in [1.54, 1.807) is 18.6 Å². The van der Waals surface area contributed by atoms with E-state index in [4.69, 9.17) is 10.5 Å². The first kappa shape index (κ1) is 17.5. The third kappa shape index (κ3) is 3.51. The average Bonchev–Trinajstić information content (AvgIpc) is 3.49. The number of pyridine rings is 3. The van der Waals surface area contributed by atoms with Gasteiger partial charge in [-0.2, -0.15) is 0 Å². The maximum atomic E-state index is 11.9. The Balaban J connectivity index is 0.000000948. The molecule has 7 heteroatoms. The number of rotatable bonds is 3. The van der Waals surface area contributed by atoms with Crippen LogP contribution in [0.4, 0.5) is 11.6 Å². The molecule has 1 aliphatic rings. The summed E-state index contributed by atoms with van der Waals surface area (Å²) in [6.45, 7) is 4.01. The van der Waals surface area contributed by atoms with Gasteiger partial charge < -0.3 is 15.8 Å². The van der Waals surface area contributed by atoms with Crippen LogP contribution in [-0.4, -0.2) is 27.6 Å². The smallest absolute Gasteiger partial charge is 0.228 e. The highest BCUT2D eigenvalue weighted by molar-refractivity contribution is 5.98. The lowest BCUT2D eigenvalue weighted by atomic mass is 10.1. The van der Waals surface area contributed by atoms with Gasteiger partial charge in [-0.25, -0.2) is 9.97 Å². The number of carbonyl (C=O) groups is 2. The highest BCUT2D eigenvalue weighted by Crippen LogP contribution is 2.31. The Bertz CT molecular complexity index is 969. The summed E-state index contributed by atoms with van der Waals surface area (Å²) >= 11 is 0. The number of fused-ring (bicyclic) bond motifs is 1. The Kier molecular flexibility index (Phi) is 4.88. The van der Waals surface area contributed by atoms with Crippen LogP contribution in [0.1, 0.15) is 18.4 Å². The third-order valence-electron chi connectivity index (χ3n) is 4.26. The molecule has 0 spiro atoms. The summed E-state index contributed by atoms with van der Waals surface area (Å²) in [5.41, 5.74) is 8.87. The van der Waals surface area contributed by atoms with Crippen LogP contribution in [0.25, 0.3) is 22.0 Å². The molecule has 0 saturated heterocycles. The molecule has 7 nitrogen and oxygen atoms in total. The largest absolute Gasteiger partial charge is 0.383 e. The number of anilines is 2. The van der Waals surface area contributed by atoms with E-state index in [9.17, 15) is 4.79 Å². The van der Waals surface area contributed by atoms with Crippen molar-refractivity contribution in [2.45, 2.75) is 19.8 Å². The van der Waals surface area contributed by atoms with Gasteiger partial charge in [0.25, 0.3) is 0 Å². The summed E-state index contributed by atoms with van der Waals surface area (Å²) in [5, 5.41) is 4.52. The first-order valence-corrected chi connectivity index (χ1v) is 8.19. The molecule has 1 saturated carbocycles. The summed E-state index contributed by atoms with van der Waals surface area (Å²) in [7, 11) is 0. The monoisotopic (exact) mass is 349 g/mol. The van der Waals surface area contributed by atoms with E-state index in [0.717, 1.165) is 40.4 Å². The van der Waals surface area contributed by atoms with Crippen molar-refractivity contribution in [2.75, 3.05) is 11.1 Å². The Hall–Kier alpha value is -3.35. The first-order chi connectivity index (χ1) is 12.6. The molecule has 26 heavy (non-hydrogen) atoms. The van der Waals surface area contributed by atoms with E-state index >= 15 is 0 Å². The number of hydrogen-bond donors (Lipinski definition) is 2. The fraction of sp³-hybridized carbons (Fsp3) is 0.211. The summed E-state index contributed by atoms with van der Waals surface area (Å²) in [6, 6.07) is 5.72. The van der Waals surface area contributed by atoms with E-state index in [0.29, 0.717) is 11.6 Å². The molecule has 0 atom stereocenters. The first-order valence-electron chi connectivity index (χ1n) is 8.19. The van der Waals surface area contributed by atoms with Gasteiger partial charge in [0.15, 0.2) is 0 Å². The zero-order valence-corrected chi connectivity index (χ0v) is 14.4. The van der Waals surface area contributed by atoms with E-state index < -0.39 is 0 Å². The van der Waals surface area contributed by atoms with Crippen LogP contribution in [0.2, 0.25) is 0 Å². The lowest BCUT2D eigenvalue weighted by molar-refractivity contribution is -0.117. The van der Waals surface area contributed by atoms with Crippen LogP contribution in [-0.2, 0) is 9.59 Å². The van der Waals surface area contributed by atoms with Crippen LogP contribution < -0.4 is 11.1 Å². The number of hydrogen-bond acceptors (Lipinski definition) is 6. The van der Waals surface area contributed by atoms with Gasteiger partial charge in [0.05, 0.1) is 5.69 Å². The van der Waals surface area contributed by atoms with E-state index in [2.05, 4.69) is 20.3 Å². The van der Waals surface area contributed by atoms with Crippen molar-refractivity contribution >= 4 is 35.1 Å².